The number of benzene rings is 1. The fraction of sp³-hybridized carbons (Fsp3) is 0.348. The van der Waals surface area contributed by atoms with Crippen molar-refractivity contribution in [2.24, 2.45) is 0 Å². The quantitative estimate of drug-likeness (QED) is 0.430. The predicted molar refractivity (Wildman–Crippen MR) is 118 cm³/mol. The lowest BCUT2D eigenvalue weighted by atomic mass is 10.1. The fourth-order valence-electron chi connectivity index (χ4n) is 4.55. The second-order valence-electron chi connectivity index (χ2n) is 8.42. The Morgan fingerprint density at radius 1 is 1.09 bits per heavy atom. The van der Waals surface area contributed by atoms with Crippen LogP contribution in [0.4, 0.5) is 0 Å². The average molecular weight is 453 g/mol. The highest BCUT2D eigenvalue weighted by molar-refractivity contribution is 6.33. The Labute approximate surface area is 189 Å². The van der Waals surface area contributed by atoms with Gasteiger partial charge < -0.3 is 23.5 Å². The van der Waals surface area contributed by atoms with Crippen LogP contribution in [-0.4, -0.2) is 50.2 Å². The van der Waals surface area contributed by atoms with E-state index >= 15 is 0 Å². The predicted octanol–water partition coefficient (Wildman–Crippen LogP) is 4.13. The van der Waals surface area contributed by atoms with E-state index in [2.05, 4.69) is 15.0 Å². The molecule has 2 fully saturated rings. The molecule has 6 rings (SSSR count). The first-order chi connectivity index (χ1) is 15.5. The highest BCUT2D eigenvalue weighted by Crippen LogP contribution is 2.44. The summed E-state index contributed by atoms with van der Waals surface area (Å²) < 4.78 is 27.0. The molecule has 0 bridgehead atoms. The Bertz CT molecular complexity index is 1300. The zero-order chi connectivity index (χ0) is 21.9. The molecule has 5 heterocycles. The van der Waals surface area contributed by atoms with Gasteiger partial charge in [0.05, 0.1) is 5.39 Å². The molecule has 4 aromatic rings. The van der Waals surface area contributed by atoms with Crippen LogP contribution < -0.4 is 4.74 Å². The van der Waals surface area contributed by atoms with E-state index < -0.39 is 12.0 Å². The van der Waals surface area contributed by atoms with Gasteiger partial charge in [-0.3, -0.25) is 4.98 Å². The lowest BCUT2D eigenvalue weighted by Crippen LogP contribution is -2.33. The van der Waals surface area contributed by atoms with E-state index in [1.807, 2.05) is 54.9 Å². The van der Waals surface area contributed by atoms with Crippen LogP contribution in [0.5, 0.6) is 5.75 Å². The Morgan fingerprint density at radius 2 is 1.97 bits per heavy atom. The van der Waals surface area contributed by atoms with Crippen molar-refractivity contribution in [3.63, 3.8) is 0 Å². The van der Waals surface area contributed by atoms with Crippen LogP contribution in [0.3, 0.4) is 0 Å². The van der Waals surface area contributed by atoms with Gasteiger partial charge in [0.15, 0.2) is 12.0 Å². The van der Waals surface area contributed by atoms with Crippen LogP contribution in [-0.2, 0) is 14.2 Å². The molecular formula is C23H21ClN4O4. The van der Waals surface area contributed by atoms with Crippen LogP contribution >= 0.6 is 11.6 Å². The molecule has 0 aliphatic carbocycles. The molecule has 164 valence electrons. The fourth-order valence-corrected chi connectivity index (χ4v) is 4.74. The Balaban J connectivity index is 1.31. The van der Waals surface area contributed by atoms with Crippen LogP contribution in [0.15, 0.2) is 55.2 Å². The zero-order valence-electron chi connectivity index (χ0n) is 17.5. The van der Waals surface area contributed by atoms with Crippen molar-refractivity contribution in [1.29, 1.82) is 0 Å². The van der Waals surface area contributed by atoms with Gasteiger partial charge in [0, 0.05) is 24.0 Å². The third kappa shape index (κ3) is 3.22. The van der Waals surface area contributed by atoms with Crippen LogP contribution in [0.2, 0.25) is 5.15 Å². The molecule has 2 aliphatic rings. The maximum absolute atomic E-state index is 6.42. The number of pyridine rings is 1. The van der Waals surface area contributed by atoms with Crippen molar-refractivity contribution in [1.82, 2.24) is 19.5 Å². The molecule has 2 aliphatic heterocycles. The molecule has 0 saturated carbocycles. The van der Waals surface area contributed by atoms with Gasteiger partial charge in [0.2, 0.25) is 0 Å². The summed E-state index contributed by atoms with van der Waals surface area (Å²) >= 11 is 6.24. The highest BCUT2D eigenvalue weighted by atomic mass is 35.5. The molecule has 0 radical (unpaired) electrons. The molecule has 0 unspecified atom stereocenters. The summed E-state index contributed by atoms with van der Waals surface area (Å²) in [5, 5.41) is 3.18. The third-order valence-electron chi connectivity index (χ3n) is 5.91. The minimum absolute atomic E-state index is 0.294. The Kier molecular flexibility index (Phi) is 4.58. The van der Waals surface area contributed by atoms with Gasteiger partial charge >= 0.3 is 0 Å². The minimum atomic E-state index is -0.728. The second kappa shape index (κ2) is 7.38. The van der Waals surface area contributed by atoms with E-state index in [1.165, 1.54) is 6.33 Å². The molecule has 3 aromatic heterocycles. The maximum Gasteiger partial charge on any atom is 0.164 e. The van der Waals surface area contributed by atoms with Crippen molar-refractivity contribution < 1.29 is 18.9 Å². The van der Waals surface area contributed by atoms with Crippen molar-refractivity contribution >= 4 is 33.4 Å². The van der Waals surface area contributed by atoms with Crippen molar-refractivity contribution in [2.45, 2.75) is 44.2 Å². The van der Waals surface area contributed by atoms with Gasteiger partial charge in [0.25, 0.3) is 0 Å². The van der Waals surface area contributed by atoms with Gasteiger partial charge in [-0.15, -0.1) is 0 Å². The lowest BCUT2D eigenvalue weighted by Gasteiger charge is -2.25. The molecule has 1 aromatic carbocycles. The van der Waals surface area contributed by atoms with Gasteiger partial charge in [-0.25, -0.2) is 9.97 Å². The van der Waals surface area contributed by atoms with E-state index in [-0.39, 0.29) is 18.3 Å². The summed E-state index contributed by atoms with van der Waals surface area (Å²) in [6.07, 6.45) is 5.51. The van der Waals surface area contributed by atoms with E-state index in [4.69, 9.17) is 30.5 Å². The van der Waals surface area contributed by atoms with Gasteiger partial charge in [-0.05, 0) is 37.4 Å². The lowest BCUT2D eigenvalue weighted by molar-refractivity contribution is -0.198. The summed E-state index contributed by atoms with van der Waals surface area (Å²) in [7, 11) is 0. The van der Waals surface area contributed by atoms with Crippen LogP contribution in [0.1, 0.15) is 20.1 Å². The average Bonchev–Trinajstić information content (AvgIpc) is 3.44. The summed E-state index contributed by atoms with van der Waals surface area (Å²) in [4.78, 5) is 12.7. The van der Waals surface area contributed by atoms with Gasteiger partial charge in [-0.1, -0.05) is 23.7 Å². The van der Waals surface area contributed by atoms with E-state index in [1.54, 1.807) is 12.4 Å². The topological polar surface area (TPSA) is 80.5 Å². The summed E-state index contributed by atoms with van der Waals surface area (Å²) in [6, 6.07) is 9.77. The standard InChI is InChI=1S/C23H21ClN4O4/c1-23(2)31-18-17(11-29-16-5-3-4-13-6-8-25-10-15(13)16)30-22(19(18)32-23)28-9-7-14-20(24)26-12-27-21(14)28/h3-10,12,17-19,22H,11H2,1-2H3/t17-,18-,19-,22-/m1/s1. The smallest absolute Gasteiger partial charge is 0.164 e. The number of halogens is 1. The molecule has 2 saturated heterocycles. The number of hydrogen-bond acceptors (Lipinski definition) is 7. The number of hydrogen-bond donors (Lipinski definition) is 0. The van der Waals surface area contributed by atoms with Gasteiger partial charge in [-0.2, -0.15) is 0 Å². The number of ether oxygens (including phenoxy) is 4. The summed E-state index contributed by atoms with van der Waals surface area (Å²) in [6.45, 7) is 4.12. The zero-order valence-corrected chi connectivity index (χ0v) is 18.3. The van der Waals surface area contributed by atoms with Gasteiger partial charge in [0.1, 0.15) is 47.8 Å². The van der Waals surface area contributed by atoms with Crippen molar-refractivity contribution in [3.05, 3.63) is 60.4 Å². The van der Waals surface area contributed by atoms with E-state index in [0.717, 1.165) is 21.9 Å². The van der Waals surface area contributed by atoms with Crippen molar-refractivity contribution in [3.8, 4) is 5.75 Å². The first kappa shape index (κ1) is 19.9. The third-order valence-corrected chi connectivity index (χ3v) is 6.21. The van der Waals surface area contributed by atoms with Crippen LogP contribution in [0.25, 0.3) is 21.8 Å². The SMILES string of the molecule is CC1(C)O[C@@H]2[C@H](O1)[C@@H](COc1cccc3ccncc13)O[C@H]2n1ccc2c(Cl)ncnc21. The van der Waals surface area contributed by atoms with E-state index in [9.17, 15) is 0 Å². The van der Waals surface area contributed by atoms with Crippen LogP contribution in [0, 0.1) is 0 Å². The summed E-state index contributed by atoms with van der Waals surface area (Å²) in [5.41, 5.74) is 0.684. The molecule has 9 heteroatoms. The normalized spacial score (nSPS) is 26.6. The molecular weight excluding hydrogens is 432 g/mol. The summed E-state index contributed by atoms with van der Waals surface area (Å²) in [5.74, 6) is 0.0255. The number of aromatic nitrogens is 4. The highest BCUT2D eigenvalue weighted by Gasteiger charge is 2.56. The maximum atomic E-state index is 6.42. The number of fused-ring (bicyclic) bond motifs is 3. The van der Waals surface area contributed by atoms with Crippen molar-refractivity contribution in [2.75, 3.05) is 6.61 Å². The number of rotatable bonds is 4. The largest absolute Gasteiger partial charge is 0.490 e. The molecule has 4 atom stereocenters. The number of nitrogens with zero attached hydrogens (tertiary/aromatic N) is 4. The minimum Gasteiger partial charge on any atom is -0.490 e. The second-order valence-corrected chi connectivity index (χ2v) is 8.78. The molecule has 8 nitrogen and oxygen atoms in total. The Hall–Kier alpha value is -2.78. The van der Waals surface area contributed by atoms with E-state index in [0.29, 0.717) is 17.4 Å². The molecule has 0 amide bonds. The first-order valence-electron chi connectivity index (χ1n) is 10.4. The molecule has 32 heavy (non-hydrogen) atoms. The first-order valence-corrected chi connectivity index (χ1v) is 10.8. The Morgan fingerprint density at radius 3 is 2.88 bits per heavy atom. The molecule has 0 N–H and O–H groups in total. The molecule has 0 spiro atoms. The monoisotopic (exact) mass is 452 g/mol.